The second-order valence-corrected chi connectivity index (χ2v) is 6.92. The summed E-state index contributed by atoms with van der Waals surface area (Å²) in [5, 5.41) is 14.8. The lowest BCUT2D eigenvalue weighted by atomic mass is 9.95. The molecule has 1 aromatic heterocycles. The minimum absolute atomic E-state index is 0.0638. The highest BCUT2D eigenvalue weighted by Crippen LogP contribution is 2.37. The van der Waals surface area contributed by atoms with Gasteiger partial charge in [-0.3, -0.25) is 9.78 Å². The fourth-order valence-corrected chi connectivity index (χ4v) is 3.20. The van der Waals surface area contributed by atoms with E-state index in [0.29, 0.717) is 23.3 Å². The lowest BCUT2D eigenvalue weighted by Gasteiger charge is -2.23. The van der Waals surface area contributed by atoms with Crippen molar-refractivity contribution < 1.29 is 14.6 Å². The first-order valence-corrected chi connectivity index (χ1v) is 9.00. The van der Waals surface area contributed by atoms with Crippen molar-refractivity contribution in [3.8, 4) is 11.5 Å². The fraction of sp³-hybridized carbons (Fsp3) is 0.273. The van der Waals surface area contributed by atoms with Crippen LogP contribution in [0.3, 0.4) is 0 Å². The van der Waals surface area contributed by atoms with Gasteiger partial charge in [-0.2, -0.15) is 0 Å². The van der Waals surface area contributed by atoms with Crippen LogP contribution in [0, 0.1) is 5.92 Å². The number of hydrogen-bond acceptors (Lipinski definition) is 4. The van der Waals surface area contributed by atoms with Crippen LogP contribution < -0.4 is 10.1 Å². The Labute approximate surface area is 159 Å². The summed E-state index contributed by atoms with van der Waals surface area (Å²) in [4.78, 5) is 16.8. The molecule has 5 heteroatoms. The minimum atomic E-state index is -0.543. The number of pyridine rings is 1. The number of methoxy groups -OCH3 is 1. The highest BCUT2D eigenvalue weighted by molar-refractivity contribution is 5.86. The molecule has 0 aliphatic rings. The van der Waals surface area contributed by atoms with Crippen LogP contribution >= 0.6 is 0 Å². The van der Waals surface area contributed by atoms with Crippen LogP contribution in [0.15, 0.2) is 54.7 Å². The number of ether oxygens (including phenoxy) is 1. The number of amides is 1. The van der Waals surface area contributed by atoms with Crippen molar-refractivity contribution in [2.75, 3.05) is 7.11 Å². The van der Waals surface area contributed by atoms with E-state index in [9.17, 15) is 9.90 Å². The summed E-state index contributed by atoms with van der Waals surface area (Å²) in [5.41, 5.74) is 1.87. The van der Waals surface area contributed by atoms with E-state index in [2.05, 4.69) is 10.3 Å². The largest absolute Gasteiger partial charge is 0.505 e. The van der Waals surface area contributed by atoms with Crippen LogP contribution in [-0.2, 0) is 4.79 Å². The van der Waals surface area contributed by atoms with Gasteiger partial charge in [0, 0.05) is 29.1 Å². The second kappa shape index (κ2) is 8.08. The summed E-state index contributed by atoms with van der Waals surface area (Å²) < 4.78 is 5.49. The molecule has 0 aliphatic carbocycles. The summed E-state index contributed by atoms with van der Waals surface area (Å²) in [6.07, 6.45) is 2.04. The quantitative estimate of drug-likeness (QED) is 0.688. The Kier molecular flexibility index (Phi) is 5.60. The summed E-state index contributed by atoms with van der Waals surface area (Å²) >= 11 is 0. The van der Waals surface area contributed by atoms with Crippen molar-refractivity contribution in [2.45, 2.75) is 26.3 Å². The average Bonchev–Trinajstić information content (AvgIpc) is 2.66. The molecule has 1 amide bonds. The van der Waals surface area contributed by atoms with Crippen LogP contribution in [0.2, 0.25) is 0 Å². The van der Waals surface area contributed by atoms with Gasteiger partial charge >= 0.3 is 0 Å². The van der Waals surface area contributed by atoms with Gasteiger partial charge in [0.25, 0.3) is 0 Å². The molecule has 0 radical (unpaired) electrons. The molecule has 0 unspecified atom stereocenters. The van der Waals surface area contributed by atoms with Gasteiger partial charge in [-0.1, -0.05) is 50.2 Å². The summed E-state index contributed by atoms with van der Waals surface area (Å²) in [7, 11) is 1.59. The maximum Gasteiger partial charge on any atom is 0.221 e. The fourth-order valence-electron chi connectivity index (χ4n) is 3.20. The molecule has 0 bridgehead atoms. The van der Waals surface area contributed by atoms with E-state index in [4.69, 9.17) is 4.74 Å². The number of carbonyl (C=O) groups excluding carboxylic acids is 1. The van der Waals surface area contributed by atoms with E-state index >= 15 is 0 Å². The highest BCUT2D eigenvalue weighted by Gasteiger charge is 2.24. The molecule has 140 valence electrons. The molecular formula is C22H24N2O3. The van der Waals surface area contributed by atoms with Crippen molar-refractivity contribution in [2.24, 2.45) is 5.92 Å². The first-order chi connectivity index (χ1) is 13.0. The van der Waals surface area contributed by atoms with Gasteiger partial charge in [0.2, 0.25) is 5.91 Å². The molecule has 3 rings (SSSR count). The third-order valence-electron chi connectivity index (χ3n) is 4.44. The van der Waals surface area contributed by atoms with E-state index in [-0.39, 0.29) is 17.6 Å². The number of carbonyl (C=O) groups is 1. The van der Waals surface area contributed by atoms with E-state index in [1.54, 1.807) is 13.3 Å². The van der Waals surface area contributed by atoms with Gasteiger partial charge in [-0.25, -0.2) is 0 Å². The Morgan fingerprint density at radius 2 is 1.89 bits per heavy atom. The molecule has 3 aromatic rings. The third-order valence-corrected chi connectivity index (χ3v) is 4.44. The zero-order valence-corrected chi connectivity index (χ0v) is 15.8. The van der Waals surface area contributed by atoms with Crippen molar-refractivity contribution in [1.29, 1.82) is 0 Å². The molecule has 27 heavy (non-hydrogen) atoms. The maximum absolute atomic E-state index is 12.5. The number of aromatic nitrogens is 1. The average molecular weight is 364 g/mol. The predicted octanol–water partition coefficient (Wildman–Crippen LogP) is 4.20. The smallest absolute Gasteiger partial charge is 0.221 e. The summed E-state index contributed by atoms with van der Waals surface area (Å²) in [6.45, 7) is 3.99. The maximum atomic E-state index is 12.5. The number of benzene rings is 2. The zero-order valence-electron chi connectivity index (χ0n) is 15.8. The van der Waals surface area contributed by atoms with Gasteiger partial charge in [0.1, 0.15) is 17.0 Å². The number of hydrogen-bond donors (Lipinski definition) is 2. The Balaban J connectivity index is 2.12. The highest BCUT2D eigenvalue weighted by atomic mass is 16.5. The van der Waals surface area contributed by atoms with Crippen LogP contribution in [-0.4, -0.2) is 23.1 Å². The van der Waals surface area contributed by atoms with Gasteiger partial charge in [0.15, 0.2) is 0 Å². The molecule has 0 saturated carbocycles. The molecule has 2 N–H and O–H groups in total. The second-order valence-electron chi connectivity index (χ2n) is 6.92. The van der Waals surface area contributed by atoms with Gasteiger partial charge in [-0.05, 0) is 18.1 Å². The van der Waals surface area contributed by atoms with Gasteiger partial charge in [0.05, 0.1) is 13.2 Å². The van der Waals surface area contributed by atoms with Gasteiger partial charge < -0.3 is 15.2 Å². The summed E-state index contributed by atoms with van der Waals surface area (Å²) in [5.74, 6) is 0.860. The van der Waals surface area contributed by atoms with Crippen molar-refractivity contribution in [1.82, 2.24) is 10.3 Å². The molecule has 0 fully saturated rings. The lowest BCUT2D eigenvalue weighted by Crippen LogP contribution is -2.30. The standard InChI is InChI=1S/C22H24N2O3/c1-14(2)13-19(25)24-21(16-8-4-5-9-18(16)27-3)17-11-10-15-7-6-12-23-20(15)22(17)26/h4-12,14,21,26H,13H2,1-3H3,(H,24,25)/t21-/m0/s1. The topological polar surface area (TPSA) is 71.5 Å². The van der Waals surface area contributed by atoms with Crippen LogP contribution in [0.1, 0.15) is 37.4 Å². The van der Waals surface area contributed by atoms with Crippen molar-refractivity contribution in [3.63, 3.8) is 0 Å². The molecule has 0 aliphatic heterocycles. The molecular weight excluding hydrogens is 340 g/mol. The third kappa shape index (κ3) is 4.03. The number of fused-ring (bicyclic) bond motifs is 1. The van der Waals surface area contributed by atoms with E-state index in [0.717, 1.165) is 10.9 Å². The zero-order chi connectivity index (χ0) is 19.4. The van der Waals surface area contributed by atoms with Crippen molar-refractivity contribution >= 4 is 16.8 Å². The molecule has 2 aromatic carbocycles. The molecule has 5 nitrogen and oxygen atoms in total. The molecule has 1 heterocycles. The SMILES string of the molecule is COc1ccccc1[C@H](NC(=O)CC(C)C)c1ccc2cccnc2c1O. The Bertz CT molecular complexity index is 953. The Morgan fingerprint density at radius 1 is 1.11 bits per heavy atom. The van der Waals surface area contributed by atoms with Crippen LogP contribution in [0.4, 0.5) is 0 Å². The number of phenolic OH excluding ortho intramolecular Hbond substituents is 1. The van der Waals surface area contributed by atoms with E-state index in [1.165, 1.54) is 0 Å². The Morgan fingerprint density at radius 3 is 2.63 bits per heavy atom. The number of nitrogens with one attached hydrogen (secondary N) is 1. The van der Waals surface area contributed by atoms with E-state index in [1.807, 2.05) is 62.4 Å². The lowest BCUT2D eigenvalue weighted by molar-refractivity contribution is -0.122. The number of phenols is 1. The minimum Gasteiger partial charge on any atom is -0.505 e. The normalized spacial score (nSPS) is 12.1. The number of para-hydroxylation sites is 1. The summed E-state index contributed by atoms with van der Waals surface area (Å²) in [6, 6.07) is 14.4. The molecule has 0 spiro atoms. The van der Waals surface area contributed by atoms with Crippen molar-refractivity contribution in [3.05, 3.63) is 65.9 Å². The van der Waals surface area contributed by atoms with Gasteiger partial charge in [-0.15, -0.1) is 0 Å². The molecule has 0 saturated heterocycles. The monoisotopic (exact) mass is 364 g/mol. The van der Waals surface area contributed by atoms with Crippen LogP contribution in [0.5, 0.6) is 11.5 Å². The number of rotatable bonds is 6. The first kappa shape index (κ1) is 18.7. The predicted molar refractivity (Wildman–Crippen MR) is 106 cm³/mol. The number of aromatic hydroxyl groups is 1. The first-order valence-electron chi connectivity index (χ1n) is 9.00. The van der Waals surface area contributed by atoms with E-state index < -0.39 is 6.04 Å². The molecule has 1 atom stereocenters. The number of nitrogens with zero attached hydrogens (tertiary/aromatic N) is 1. The van der Waals surface area contributed by atoms with Crippen LogP contribution in [0.25, 0.3) is 10.9 Å². The Hall–Kier alpha value is -3.08.